The van der Waals surface area contributed by atoms with Crippen molar-refractivity contribution >= 4 is 21.8 Å². The summed E-state index contributed by atoms with van der Waals surface area (Å²) in [6, 6.07) is 0.0738. The maximum Gasteiger partial charge on any atom is 0.306 e. The monoisotopic (exact) mass is 263 g/mol. The standard InChI is InChI=1S/C11H21NO4S/c1-9(2)7-10-8-16-17(4,14)12(10)6-5-11(13)15-3/h9-10H,4-8H2,1-3H3/t10-,17?/m0/s1. The van der Waals surface area contributed by atoms with Crippen LogP contribution in [0.25, 0.3) is 0 Å². The molecule has 0 aromatic heterocycles. The lowest BCUT2D eigenvalue weighted by Gasteiger charge is -2.23. The van der Waals surface area contributed by atoms with E-state index < -0.39 is 9.99 Å². The Hall–Kier alpha value is -0.590. The van der Waals surface area contributed by atoms with E-state index in [-0.39, 0.29) is 18.4 Å². The Morgan fingerprint density at radius 1 is 1.65 bits per heavy atom. The van der Waals surface area contributed by atoms with Crippen LogP contribution in [0.1, 0.15) is 26.7 Å². The van der Waals surface area contributed by atoms with E-state index in [2.05, 4.69) is 24.5 Å². The molecule has 6 heteroatoms. The summed E-state index contributed by atoms with van der Waals surface area (Å²) in [4.78, 5) is 11.1. The van der Waals surface area contributed by atoms with Crippen molar-refractivity contribution in [2.45, 2.75) is 32.7 Å². The van der Waals surface area contributed by atoms with Crippen molar-refractivity contribution in [2.24, 2.45) is 5.92 Å². The van der Waals surface area contributed by atoms with Gasteiger partial charge in [-0.1, -0.05) is 13.8 Å². The lowest BCUT2D eigenvalue weighted by atomic mass is 10.0. The van der Waals surface area contributed by atoms with Gasteiger partial charge in [0.2, 0.25) is 0 Å². The lowest BCUT2D eigenvalue weighted by Crippen LogP contribution is -2.36. The number of hydrogen-bond donors (Lipinski definition) is 0. The second-order valence-electron chi connectivity index (χ2n) is 4.62. The average Bonchev–Trinajstić information content (AvgIpc) is 2.50. The molecule has 0 aromatic carbocycles. The van der Waals surface area contributed by atoms with E-state index in [0.717, 1.165) is 6.42 Å². The van der Waals surface area contributed by atoms with Gasteiger partial charge in [-0.15, -0.1) is 0 Å². The highest BCUT2D eigenvalue weighted by Crippen LogP contribution is 2.24. The zero-order chi connectivity index (χ0) is 13.1. The first-order valence-electron chi connectivity index (χ1n) is 5.72. The van der Waals surface area contributed by atoms with Crippen LogP contribution in [0.15, 0.2) is 0 Å². The first-order valence-corrected chi connectivity index (χ1v) is 7.33. The van der Waals surface area contributed by atoms with Gasteiger partial charge in [0.1, 0.15) is 9.99 Å². The highest BCUT2D eigenvalue weighted by molar-refractivity contribution is 7.93. The number of methoxy groups -OCH3 is 1. The van der Waals surface area contributed by atoms with Crippen molar-refractivity contribution in [1.82, 2.24) is 4.31 Å². The molecule has 1 fully saturated rings. The van der Waals surface area contributed by atoms with E-state index in [9.17, 15) is 9.00 Å². The Morgan fingerprint density at radius 3 is 2.82 bits per heavy atom. The second-order valence-corrected chi connectivity index (χ2v) is 6.49. The van der Waals surface area contributed by atoms with Gasteiger partial charge in [0.25, 0.3) is 0 Å². The van der Waals surface area contributed by atoms with Crippen LogP contribution in [0.4, 0.5) is 0 Å². The molecule has 0 saturated carbocycles. The highest BCUT2D eigenvalue weighted by atomic mass is 32.2. The molecular formula is C11H21NO4S. The number of carbonyl (C=O) groups is 1. The molecule has 0 radical (unpaired) electrons. The van der Waals surface area contributed by atoms with E-state index >= 15 is 0 Å². The van der Waals surface area contributed by atoms with Crippen molar-refractivity contribution in [3.63, 3.8) is 0 Å². The maximum atomic E-state index is 12.1. The molecule has 2 atom stereocenters. The summed E-state index contributed by atoms with van der Waals surface area (Å²) in [6.07, 6.45) is 1.09. The van der Waals surface area contributed by atoms with Gasteiger partial charge in [0.05, 0.1) is 20.1 Å². The fraction of sp³-hybridized carbons (Fsp3) is 0.818. The molecule has 0 aromatic rings. The van der Waals surface area contributed by atoms with Gasteiger partial charge in [-0.3, -0.25) is 8.98 Å². The number of rotatable bonds is 5. The van der Waals surface area contributed by atoms with Crippen LogP contribution < -0.4 is 0 Å². The molecule has 0 spiro atoms. The molecule has 1 rings (SSSR count). The minimum absolute atomic E-state index is 0.0738. The summed E-state index contributed by atoms with van der Waals surface area (Å²) in [5, 5.41) is 0. The fourth-order valence-corrected chi connectivity index (χ4v) is 3.39. The summed E-state index contributed by atoms with van der Waals surface area (Å²) in [5.41, 5.74) is 0. The number of carbonyl (C=O) groups excluding carboxylic acids is 1. The van der Waals surface area contributed by atoms with Crippen LogP contribution in [0.5, 0.6) is 0 Å². The summed E-state index contributed by atoms with van der Waals surface area (Å²) in [5.74, 6) is 3.77. The van der Waals surface area contributed by atoms with Crippen LogP contribution in [-0.4, -0.2) is 46.7 Å². The average molecular weight is 263 g/mol. The summed E-state index contributed by atoms with van der Waals surface area (Å²) in [6.45, 7) is 4.98. The molecule has 1 aliphatic rings. The molecule has 0 aliphatic carbocycles. The van der Waals surface area contributed by atoms with Gasteiger partial charge < -0.3 is 4.74 Å². The van der Waals surface area contributed by atoms with Crippen molar-refractivity contribution in [2.75, 3.05) is 20.3 Å². The Balaban J connectivity index is 2.64. The van der Waals surface area contributed by atoms with Crippen molar-refractivity contribution < 1.29 is 17.9 Å². The second kappa shape index (κ2) is 5.84. The summed E-state index contributed by atoms with van der Waals surface area (Å²) < 4.78 is 23.5. The Labute approximate surface area is 103 Å². The van der Waals surface area contributed by atoms with Crippen LogP contribution >= 0.6 is 0 Å². The maximum absolute atomic E-state index is 12.1. The molecule has 0 bridgehead atoms. The van der Waals surface area contributed by atoms with Crippen LogP contribution in [0.3, 0.4) is 0 Å². The quantitative estimate of drug-likeness (QED) is 0.545. The zero-order valence-electron chi connectivity index (χ0n) is 10.7. The van der Waals surface area contributed by atoms with Crippen molar-refractivity contribution in [3.05, 3.63) is 0 Å². The minimum Gasteiger partial charge on any atom is -0.469 e. The lowest BCUT2D eigenvalue weighted by molar-refractivity contribution is -0.140. The Morgan fingerprint density at radius 2 is 2.29 bits per heavy atom. The van der Waals surface area contributed by atoms with E-state index in [1.54, 1.807) is 4.31 Å². The van der Waals surface area contributed by atoms with E-state index in [1.165, 1.54) is 7.11 Å². The molecule has 1 heterocycles. The summed E-state index contributed by atoms with van der Waals surface area (Å²) >= 11 is 0. The molecule has 0 N–H and O–H groups in total. The van der Waals surface area contributed by atoms with E-state index in [0.29, 0.717) is 19.1 Å². The Kier molecular flexibility index (Phi) is 4.97. The normalized spacial score (nSPS) is 29.8. The van der Waals surface area contributed by atoms with E-state index in [1.807, 2.05) is 0 Å². The molecule has 0 amide bonds. The van der Waals surface area contributed by atoms with Crippen molar-refractivity contribution in [1.29, 1.82) is 0 Å². The summed E-state index contributed by atoms with van der Waals surface area (Å²) in [7, 11) is -1.32. The number of ether oxygens (including phenoxy) is 1. The first kappa shape index (κ1) is 14.5. The fourth-order valence-electron chi connectivity index (χ4n) is 1.92. The number of nitrogens with zero attached hydrogens (tertiary/aromatic N) is 1. The Bertz CT molecular complexity index is 364. The van der Waals surface area contributed by atoms with Crippen LogP contribution in [0, 0.1) is 5.92 Å². The smallest absolute Gasteiger partial charge is 0.306 e. The van der Waals surface area contributed by atoms with Gasteiger partial charge in [-0.2, -0.15) is 0 Å². The van der Waals surface area contributed by atoms with E-state index in [4.69, 9.17) is 4.18 Å². The zero-order valence-corrected chi connectivity index (χ0v) is 11.5. The molecule has 1 aliphatic heterocycles. The highest BCUT2D eigenvalue weighted by Gasteiger charge is 2.34. The van der Waals surface area contributed by atoms with Crippen LogP contribution in [0.2, 0.25) is 0 Å². The van der Waals surface area contributed by atoms with Crippen molar-refractivity contribution in [3.8, 4) is 0 Å². The predicted molar refractivity (Wildman–Crippen MR) is 67.8 cm³/mol. The van der Waals surface area contributed by atoms with Gasteiger partial charge >= 0.3 is 5.97 Å². The largest absolute Gasteiger partial charge is 0.469 e. The van der Waals surface area contributed by atoms with Gasteiger partial charge in [-0.25, -0.2) is 8.51 Å². The molecule has 17 heavy (non-hydrogen) atoms. The predicted octanol–water partition coefficient (Wildman–Crippen LogP) is 0.843. The van der Waals surface area contributed by atoms with Gasteiger partial charge in [0.15, 0.2) is 0 Å². The minimum atomic E-state index is -2.66. The third-order valence-corrected chi connectivity index (χ3v) is 4.42. The third-order valence-electron chi connectivity index (χ3n) is 2.72. The SMILES string of the molecule is C=S1(=O)OC[C@H](CC(C)C)N1CCC(=O)OC. The molecular weight excluding hydrogens is 242 g/mol. The molecule has 1 unspecified atom stereocenters. The van der Waals surface area contributed by atoms with Gasteiger partial charge in [0, 0.05) is 12.6 Å². The first-order chi connectivity index (χ1) is 7.86. The molecule has 1 saturated heterocycles. The topological polar surface area (TPSA) is 55.8 Å². The molecule has 100 valence electrons. The molecule has 5 nitrogen and oxygen atoms in total. The third kappa shape index (κ3) is 3.97. The van der Waals surface area contributed by atoms with Gasteiger partial charge in [-0.05, 0) is 18.2 Å². The van der Waals surface area contributed by atoms with Crippen LogP contribution in [-0.2, 0) is 23.7 Å². The number of hydrogen-bond acceptors (Lipinski definition) is 4. The number of esters is 1.